The number of benzene rings is 1. The Bertz CT molecular complexity index is 1060. The van der Waals surface area contributed by atoms with Crippen LogP contribution in [0, 0.1) is 12.7 Å². The van der Waals surface area contributed by atoms with Crippen molar-refractivity contribution in [2.45, 2.75) is 58.1 Å². The zero-order valence-corrected chi connectivity index (χ0v) is 19.0. The normalized spacial score (nSPS) is 18.8. The summed E-state index contributed by atoms with van der Waals surface area (Å²) in [6, 6.07) is 6.25. The number of rotatable bonds is 5. The van der Waals surface area contributed by atoms with Crippen molar-refractivity contribution >= 4 is 17.6 Å². The van der Waals surface area contributed by atoms with E-state index >= 15 is 0 Å². The van der Waals surface area contributed by atoms with Crippen LogP contribution in [-0.4, -0.2) is 52.5 Å². The van der Waals surface area contributed by atoms with Crippen LogP contribution in [0.25, 0.3) is 0 Å². The third-order valence-electron chi connectivity index (χ3n) is 6.42. The van der Waals surface area contributed by atoms with Gasteiger partial charge in [0.25, 0.3) is 5.91 Å². The summed E-state index contributed by atoms with van der Waals surface area (Å²) in [7, 11) is 1.54. The maximum atomic E-state index is 13.6. The largest absolute Gasteiger partial charge is 0.369 e. The SMILES string of the molecule is COC(C)(C)C(=O)N1CCC[C@H](c2nc(C)c3c(n2)N(Cc2cccc(F)c2)C(=O)C3)C1. The minimum atomic E-state index is -0.884. The quantitative estimate of drug-likeness (QED) is 0.714. The van der Waals surface area contributed by atoms with Crippen LogP contribution in [0.3, 0.4) is 0 Å². The molecular formula is C24H29FN4O3. The summed E-state index contributed by atoms with van der Waals surface area (Å²) in [4.78, 5) is 38.6. The fraction of sp³-hybridized carbons (Fsp3) is 0.500. The molecule has 1 atom stereocenters. The highest BCUT2D eigenvalue weighted by Crippen LogP contribution is 2.34. The molecule has 1 aromatic carbocycles. The molecule has 170 valence electrons. The van der Waals surface area contributed by atoms with Gasteiger partial charge in [-0.05, 0) is 51.3 Å². The van der Waals surface area contributed by atoms with Crippen molar-refractivity contribution in [3.05, 3.63) is 52.7 Å². The van der Waals surface area contributed by atoms with Gasteiger partial charge in [-0.1, -0.05) is 12.1 Å². The van der Waals surface area contributed by atoms with Gasteiger partial charge in [-0.15, -0.1) is 0 Å². The molecule has 0 aliphatic carbocycles. The second kappa shape index (κ2) is 8.58. The molecule has 0 radical (unpaired) electrons. The van der Waals surface area contributed by atoms with Crippen LogP contribution in [0.4, 0.5) is 10.2 Å². The number of carbonyl (C=O) groups excluding carboxylic acids is 2. The average molecular weight is 441 g/mol. The molecule has 2 aromatic rings. The van der Waals surface area contributed by atoms with E-state index in [1.165, 1.54) is 19.2 Å². The summed E-state index contributed by atoms with van der Waals surface area (Å²) in [6.07, 6.45) is 1.96. The van der Waals surface area contributed by atoms with E-state index in [1.807, 2.05) is 11.8 Å². The van der Waals surface area contributed by atoms with E-state index in [2.05, 4.69) is 0 Å². The standard InChI is InChI=1S/C24H29FN4O3/c1-15-19-12-20(30)29(13-16-7-5-9-18(25)11-16)22(19)27-21(26-15)17-8-6-10-28(14-17)23(31)24(2,3)32-4/h5,7,9,11,17H,6,8,10,12-14H2,1-4H3/t17-/m0/s1. The van der Waals surface area contributed by atoms with E-state index < -0.39 is 5.60 Å². The number of piperidine rings is 1. The molecule has 2 amide bonds. The zero-order valence-electron chi connectivity index (χ0n) is 19.0. The first kappa shape index (κ1) is 22.3. The molecule has 1 aromatic heterocycles. The van der Waals surface area contributed by atoms with Crippen molar-refractivity contribution in [1.29, 1.82) is 0 Å². The zero-order chi connectivity index (χ0) is 23.0. The number of ether oxygens (including phenoxy) is 1. The van der Waals surface area contributed by atoms with Gasteiger partial charge in [0.05, 0.1) is 13.0 Å². The molecule has 2 aliphatic heterocycles. The lowest BCUT2D eigenvalue weighted by Gasteiger charge is -2.36. The number of aryl methyl sites for hydroxylation is 1. The van der Waals surface area contributed by atoms with Crippen LogP contribution in [-0.2, 0) is 27.3 Å². The predicted octanol–water partition coefficient (Wildman–Crippen LogP) is 3.14. The van der Waals surface area contributed by atoms with Gasteiger partial charge < -0.3 is 9.64 Å². The Morgan fingerprint density at radius 1 is 1.31 bits per heavy atom. The van der Waals surface area contributed by atoms with Crippen LogP contribution in [0.1, 0.15) is 55.3 Å². The van der Waals surface area contributed by atoms with Crippen molar-refractivity contribution < 1.29 is 18.7 Å². The molecule has 2 aliphatic rings. The number of nitrogens with zero attached hydrogens (tertiary/aromatic N) is 4. The number of fused-ring (bicyclic) bond motifs is 1. The van der Waals surface area contributed by atoms with Gasteiger partial charge in [-0.3, -0.25) is 14.5 Å². The number of methoxy groups -OCH3 is 1. The van der Waals surface area contributed by atoms with Gasteiger partial charge in [-0.2, -0.15) is 0 Å². The summed E-state index contributed by atoms with van der Waals surface area (Å²) in [5, 5.41) is 0. The number of carbonyl (C=O) groups is 2. The molecular weight excluding hydrogens is 411 g/mol. The molecule has 0 saturated carbocycles. The smallest absolute Gasteiger partial charge is 0.254 e. The highest BCUT2D eigenvalue weighted by molar-refractivity contribution is 6.00. The van der Waals surface area contributed by atoms with E-state index in [0.29, 0.717) is 30.3 Å². The van der Waals surface area contributed by atoms with Crippen molar-refractivity contribution in [3.8, 4) is 0 Å². The lowest BCUT2D eigenvalue weighted by Crippen LogP contribution is -2.49. The third kappa shape index (κ3) is 4.24. The van der Waals surface area contributed by atoms with E-state index in [0.717, 1.165) is 24.1 Å². The van der Waals surface area contributed by atoms with Gasteiger partial charge in [-0.25, -0.2) is 14.4 Å². The number of hydrogen-bond donors (Lipinski definition) is 0. The van der Waals surface area contributed by atoms with E-state index in [-0.39, 0.29) is 36.5 Å². The van der Waals surface area contributed by atoms with Crippen LogP contribution in [0.15, 0.2) is 24.3 Å². The van der Waals surface area contributed by atoms with Gasteiger partial charge in [0, 0.05) is 37.4 Å². The first-order valence-electron chi connectivity index (χ1n) is 11.0. The minimum absolute atomic E-state index is 0.0175. The van der Waals surface area contributed by atoms with E-state index in [4.69, 9.17) is 14.7 Å². The summed E-state index contributed by atoms with van der Waals surface area (Å²) in [6.45, 7) is 6.88. The Morgan fingerprint density at radius 2 is 2.09 bits per heavy atom. The Morgan fingerprint density at radius 3 is 2.81 bits per heavy atom. The molecule has 0 bridgehead atoms. The van der Waals surface area contributed by atoms with E-state index in [1.54, 1.807) is 30.9 Å². The molecule has 3 heterocycles. The monoisotopic (exact) mass is 440 g/mol. The number of hydrogen-bond acceptors (Lipinski definition) is 5. The second-order valence-corrected chi connectivity index (χ2v) is 9.06. The third-order valence-corrected chi connectivity index (χ3v) is 6.42. The molecule has 32 heavy (non-hydrogen) atoms. The molecule has 7 nitrogen and oxygen atoms in total. The topological polar surface area (TPSA) is 75.6 Å². The molecule has 8 heteroatoms. The lowest BCUT2D eigenvalue weighted by molar-refractivity contribution is -0.152. The van der Waals surface area contributed by atoms with Crippen LogP contribution >= 0.6 is 0 Å². The number of anilines is 1. The van der Waals surface area contributed by atoms with Crippen molar-refractivity contribution in [3.63, 3.8) is 0 Å². The van der Waals surface area contributed by atoms with Crippen molar-refractivity contribution in [2.24, 2.45) is 0 Å². The summed E-state index contributed by atoms with van der Waals surface area (Å²) < 4.78 is 19.0. The van der Waals surface area contributed by atoms with Gasteiger partial charge in [0.1, 0.15) is 23.1 Å². The van der Waals surface area contributed by atoms with Crippen LogP contribution in [0.5, 0.6) is 0 Å². The average Bonchev–Trinajstić information content (AvgIpc) is 3.09. The fourth-order valence-corrected chi connectivity index (χ4v) is 4.40. The summed E-state index contributed by atoms with van der Waals surface area (Å²) >= 11 is 0. The molecule has 4 rings (SSSR count). The maximum Gasteiger partial charge on any atom is 0.254 e. The van der Waals surface area contributed by atoms with E-state index in [9.17, 15) is 14.0 Å². The first-order valence-corrected chi connectivity index (χ1v) is 11.0. The Labute approximate surface area is 187 Å². The van der Waals surface area contributed by atoms with Crippen molar-refractivity contribution in [1.82, 2.24) is 14.9 Å². The lowest BCUT2D eigenvalue weighted by atomic mass is 9.95. The molecule has 0 unspecified atom stereocenters. The van der Waals surface area contributed by atoms with Gasteiger partial charge in [0.2, 0.25) is 5.91 Å². The Hall–Kier alpha value is -2.87. The predicted molar refractivity (Wildman–Crippen MR) is 118 cm³/mol. The van der Waals surface area contributed by atoms with Gasteiger partial charge >= 0.3 is 0 Å². The van der Waals surface area contributed by atoms with Gasteiger partial charge in [0.15, 0.2) is 0 Å². The number of amides is 2. The Kier molecular flexibility index (Phi) is 5.99. The molecule has 1 saturated heterocycles. The highest BCUT2D eigenvalue weighted by atomic mass is 19.1. The highest BCUT2D eigenvalue weighted by Gasteiger charge is 2.37. The van der Waals surface area contributed by atoms with Crippen LogP contribution < -0.4 is 4.90 Å². The maximum absolute atomic E-state index is 13.6. The first-order chi connectivity index (χ1) is 15.2. The summed E-state index contributed by atoms with van der Waals surface area (Å²) in [5.74, 6) is 0.776. The number of aromatic nitrogens is 2. The Balaban J connectivity index is 1.61. The fourth-order valence-electron chi connectivity index (χ4n) is 4.40. The van der Waals surface area contributed by atoms with Crippen molar-refractivity contribution in [2.75, 3.05) is 25.1 Å². The molecule has 0 N–H and O–H groups in total. The number of likely N-dealkylation sites (tertiary alicyclic amines) is 1. The molecule has 1 fully saturated rings. The van der Waals surface area contributed by atoms with Crippen LogP contribution in [0.2, 0.25) is 0 Å². The molecule has 0 spiro atoms. The summed E-state index contributed by atoms with van der Waals surface area (Å²) in [5.41, 5.74) is 1.42. The number of halogens is 1. The second-order valence-electron chi connectivity index (χ2n) is 9.06. The minimum Gasteiger partial charge on any atom is -0.369 e.